The number of amides is 2. The van der Waals surface area contributed by atoms with Gasteiger partial charge in [-0.3, -0.25) is 9.59 Å². The highest BCUT2D eigenvalue weighted by Crippen LogP contribution is 2.20. The number of unbranched alkanes of at least 4 members (excludes halogenated alkanes) is 1. The lowest BCUT2D eigenvalue weighted by molar-refractivity contribution is -0.123. The maximum atomic E-state index is 12.3. The van der Waals surface area contributed by atoms with E-state index in [1.165, 1.54) is 6.92 Å². The van der Waals surface area contributed by atoms with Crippen LogP contribution in [0.3, 0.4) is 0 Å². The van der Waals surface area contributed by atoms with Gasteiger partial charge in [-0.05, 0) is 24.1 Å². The molecule has 0 heterocycles. The number of nitrogens with one attached hydrogen (secondary N) is 2. The fourth-order valence-electron chi connectivity index (χ4n) is 2.36. The van der Waals surface area contributed by atoms with E-state index in [-0.39, 0.29) is 30.3 Å². The molecule has 5 nitrogen and oxygen atoms in total. The molecular formula is C17H26BrN3O2. The molecule has 0 bridgehead atoms. The van der Waals surface area contributed by atoms with Crippen molar-refractivity contribution in [3.8, 4) is 0 Å². The molecular weight excluding hydrogens is 358 g/mol. The van der Waals surface area contributed by atoms with Gasteiger partial charge in [0.1, 0.15) is 0 Å². The first-order valence-electron chi connectivity index (χ1n) is 7.98. The van der Waals surface area contributed by atoms with Crippen LogP contribution in [0.2, 0.25) is 0 Å². The molecule has 0 aliphatic heterocycles. The van der Waals surface area contributed by atoms with Gasteiger partial charge in [0, 0.05) is 24.0 Å². The Bertz CT molecular complexity index is 505. The van der Waals surface area contributed by atoms with Crippen LogP contribution in [-0.2, 0) is 9.59 Å². The van der Waals surface area contributed by atoms with Gasteiger partial charge in [0.2, 0.25) is 11.8 Å². The van der Waals surface area contributed by atoms with Crippen molar-refractivity contribution in [1.82, 2.24) is 10.6 Å². The van der Waals surface area contributed by atoms with Gasteiger partial charge in [0.05, 0.1) is 12.5 Å². The first-order chi connectivity index (χ1) is 11.0. The third-order valence-corrected chi connectivity index (χ3v) is 4.12. The summed E-state index contributed by atoms with van der Waals surface area (Å²) in [5.74, 6) is -0.259. The highest BCUT2D eigenvalue weighted by atomic mass is 79.9. The lowest BCUT2D eigenvalue weighted by Gasteiger charge is -2.21. The van der Waals surface area contributed by atoms with Gasteiger partial charge in [-0.2, -0.15) is 0 Å². The topological polar surface area (TPSA) is 84.2 Å². The van der Waals surface area contributed by atoms with Crippen molar-refractivity contribution in [3.05, 3.63) is 34.3 Å². The van der Waals surface area contributed by atoms with Crippen LogP contribution in [0, 0.1) is 0 Å². The van der Waals surface area contributed by atoms with E-state index in [9.17, 15) is 9.59 Å². The molecule has 6 heteroatoms. The van der Waals surface area contributed by atoms with Crippen LogP contribution in [0.5, 0.6) is 0 Å². The van der Waals surface area contributed by atoms with Crippen LogP contribution in [0.4, 0.5) is 0 Å². The minimum atomic E-state index is -0.342. The number of halogens is 1. The minimum Gasteiger partial charge on any atom is -0.352 e. The van der Waals surface area contributed by atoms with Gasteiger partial charge >= 0.3 is 0 Å². The van der Waals surface area contributed by atoms with Gasteiger partial charge in [-0.15, -0.1) is 0 Å². The second kappa shape index (κ2) is 10.4. The van der Waals surface area contributed by atoms with Crippen molar-refractivity contribution in [2.24, 2.45) is 5.73 Å². The highest BCUT2D eigenvalue weighted by molar-refractivity contribution is 9.10. The fourth-order valence-corrected chi connectivity index (χ4v) is 2.63. The van der Waals surface area contributed by atoms with E-state index < -0.39 is 0 Å². The molecule has 1 aromatic rings. The summed E-state index contributed by atoms with van der Waals surface area (Å²) >= 11 is 3.38. The number of carbonyl (C=O) groups excluding carboxylic acids is 2. The van der Waals surface area contributed by atoms with Crippen molar-refractivity contribution in [1.29, 1.82) is 0 Å². The molecule has 23 heavy (non-hydrogen) atoms. The van der Waals surface area contributed by atoms with Crippen LogP contribution < -0.4 is 16.4 Å². The average Bonchev–Trinajstić information content (AvgIpc) is 2.51. The standard InChI is InChI=1S/C17H26BrN3O2/c1-3-4-5-15(11-19)21-17(23)10-16(20-12(2)22)13-6-8-14(18)9-7-13/h6-9,15-16H,3-5,10-11,19H2,1-2H3,(H,20,22)(H,21,23). The molecule has 0 aliphatic carbocycles. The summed E-state index contributed by atoms with van der Waals surface area (Å²) < 4.78 is 0.954. The maximum Gasteiger partial charge on any atom is 0.222 e. The van der Waals surface area contributed by atoms with Gasteiger partial charge in [0.15, 0.2) is 0 Å². The summed E-state index contributed by atoms with van der Waals surface area (Å²) in [5, 5.41) is 5.80. The van der Waals surface area contributed by atoms with Crippen molar-refractivity contribution >= 4 is 27.7 Å². The van der Waals surface area contributed by atoms with E-state index in [4.69, 9.17) is 5.73 Å². The highest BCUT2D eigenvalue weighted by Gasteiger charge is 2.19. The van der Waals surface area contributed by atoms with Crippen LogP contribution in [0.15, 0.2) is 28.7 Å². The van der Waals surface area contributed by atoms with Crippen LogP contribution in [-0.4, -0.2) is 24.4 Å². The summed E-state index contributed by atoms with van der Waals surface area (Å²) in [4.78, 5) is 23.7. The molecule has 2 unspecified atom stereocenters. The van der Waals surface area contributed by atoms with E-state index >= 15 is 0 Å². The van der Waals surface area contributed by atoms with Crippen molar-refractivity contribution in [2.45, 2.75) is 51.6 Å². The Morgan fingerprint density at radius 3 is 2.39 bits per heavy atom. The predicted molar refractivity (Wildman–Crippen MR) is 95.8 cm³/mol. The molecule has 2 atom stereocenters. The maximum absolute atomic E-state index is 12.3. The largest absolute Gasteiger partial charge is 0.352 e. The first-order valence-corrected chi connectivity index (χ1v) is 8.77. The Hall–Kier alpha value is -1.40. The van der Waals surface area contributed by atoms with E-state index in [0.29, 0.717) is 6.54 Å². The predicted octanol–water partition coefficient (Wildman–Crippen LogP) is 2.65. The van der Waals surface area contributed by atoms with Crippen molar-refractivity contribution < 1.29 is 9.59 Å². The lowest BCUT2D eigenvalue weighted by atomic mass is 10.0. The Kier molecular flexibility index (Phi) is 8.87. The zero-order valence-corrected chi connectivity index (χ0v) is 15.4. The molecule has 1 rings (SSSR count). The summed E-state index contributed by atoms with van der Waals surface area (Å²) in [7, 11) is 0. The molecule has 0 saturated carbocycles. The number of carbonyl (C=O) groups is 2. The van der Waals surface area contributed by atoms with Crippen molar-refractivity contribution in [2.75, 3.05) is 6.54 Å². The Morgan fingerprint density at radius 1 is 1.22 bits per heavy atom. The Morgan fingerprint density at radius 2 is 1.87 bits per heavy atom. The van der Waals surface area contributed by atoms with Crippen molar-refractivity contribution in [3.63, 3.8) is 0 Å². The number of hydrogen-bond acceptors (Lipinski definition) is 3. The van der Waals surface area contributed by atoms with Gasteiger partial charge in [-0.1, -0.05) is 47.8 Å². The molecule has 4 N–H and O–H groups in total. The third kappa shape index (κ3) is 7.61. The van der Waals surface area contributed by atoms with E-state index in [2.05, 4.69) is 33.5 Å². The summed E-state index contributed by atoms with van der Waals surface area (Å²) in [6, 6.07) is 7.23. The molecule has 0 radical (unpaired) electrons. The molecule has 0 aliphatic rings. The smallest absolute Gasteiger partial charge is 0.222 e. The van der Waals surface area contributed by atoms with Gasteiger partial charge in [-0.25, -0.2) is 0 Å². The quantitative estimate of drug-likeness (QED) is 0.612. The number of nitrogens with two attached hydrogens (primary N) is 1. The van der Waals surface area contributed by atoms with Crippen LogP contribution in [0.1, 0.15) is 51.1 Å². The molecule has 1 aromatic carbocycles. The number of benzene rings is 1. The molecule has 128 valence electrons. The summed E-state index contributed by atoms with van der Waals surface area (Å²) in [6.07, 6.45) is 3.18. The minimum absolute atomic E-state index is 0.00894. The fraction of sp³-hybridized carbons (Fsp3) is 0.529. The second-order valence-electron chi connectivity index (χ2n) is 5.65. The van der Waals surface area contributed by atoms with Gasteiger partial charge < -0.3 is 16.4 Å². The van der Waals surface area contributed by atoms with E-state index in [1.807, 2.05) is 24.3 Å². The molecule has 0 fully saturated rings. The monoisotopic (exact) mass is 383 g/mol. The molecule has 0 aromatic heterocycles. The van der Waals surface area contributed by atoms with Gasteiger partial charge in [0.25, 0.3) is 0 Å². The number of hydrogen-bond donors (Lipinski definition) is 3. The van der Waals surface area contributed by atoms with E-state index in [1.54, 1.807) is 0 Å². The Labute approximate surface area is 146 Å². The molecule has 0 saturated heterocycles. The normalized spacial score (nSPS) is 13.2. The number of rotatable bonds is 9. The zero-order chi connectivity index (χ0) is 17.2. The first kappa shape index (κ1) is 19.6. The van der Waals surface area contributed by atoms with Crippen LogP contribution in [0.25, 0.3) is 0 Å². The third-order valence-electron chi connectivity index (χ3n) is 3.60. The Balaban J connectivity index is 2.70. The molecule has 2 amide bonds. The zero-order valence-electron chi connectivity index (χ0n) is 13.8. The molecule has 0 spiro atoms. The lowest BCUT2D eigenvalue weighted by Crippen LogP contribution is -2.42. The summed E-state index contributed by atoms with van der Waals surface area (Å²) in [6.45, 7) is 3.98. The SMILES string of the molecule is CCCCC(CN)NC(=O)CC(NC(C)=O)c1ccc(Br)cc1. The summed E-state index contributed by atoms with van der Waals surface area (Å²) in [5.41, 5.74) is 6.61. The van der Waals surface area contributed by atoms with E-state index in [0.717, 1.165) is 29.3 Å². The van der Waals surface area contributed by atoms with Crippen LogP contribution >= 0.6 is 15.9 Å². The average molecular weight is 384 g/mol. The second-order valence-corrected chi connectivity index (χ2v) is 6.57.